The summed E-state index contributed by atoms with van der Waals surface area (Å²) in [5, 5.41) is 20.3. The van der Waals surface area contributed by atoms with Crippen molar-refractivity contribution in [2.45, 2.75) is 32.9 Å². The Bertz CT molecular complexity index is 2460. The highest BCUT2D eigenvalue weighted by Gasteiger charge is 2.34. The molecule has 0 spiro atoms. The summed E-state index contributed by atoms with van der Waals surface area (Å²) in [6.07, 6.45) is 0.754. The number of aromatic hydroxyl groups is 1. The van der Waals surface area contributed by atoms with Gasteiger partial charge in [-0.1, -0.05) is 35.9 Å². The number of anilines is 2. The summed E-state index contributed by atoms with van der Waals surface area (Å²) < 4.78 is 40.8. The fourth-order valence-electron chi connectivity index (χ4n) is 7.42. The first-order chi connectivity index (χ1) is 27.0. The van der Waals surface area contributed by atoms with E-state index in [1.807, 2.05) is 42.5 Å². The molecule has 1 atom stereocenters. The van der Waals surface area contributed by atoms with Gasteiger partial charge in [-0.15, -0.1) is 0 Å². The lowest BCUT2D eigenvalue weighted by Crippen LogP contribution is -2.52. The number of ether oxygens (including phenoxy) is 1. The third-order valence-electron chi connectivity index (χ3n) is 10.6. The maximum Gasteiger partial charge on any atom is 0.394 e. The van der Waals surface area contributed by atoms with Crippen LogP contribution in [0.4, 0.5) is 11.4 Å². The number of hydrogen-bond donors (Lipinski definition) is 3. The van der Waals surface area contributed by atoms with Crippen LogP contribution in [-0.4, -0.2) is 92.3 Å². The number of carbonyl (C=O) groups excluding carboxylic acids is 2. The third-order valence-corrected chi connectivity index (χ3v) is 10.9. The van der Waals surface area contributed by atoms with Crippen molar-refractivity contribution >= 4 is 45.2 Å². The normalized spacial score (nSPS) is 15.6. The molecular formula is C41H43ClN6O8S. The van der Waals surface area contributed by atoms with Crippen LogP contribution in [-0.2, 0) is 42.2 Å². The number of phenolic OH excluding ortho intramolecular Hbond substituents is 1. The molecule has 1 saturated heterocycles. The molecule has 3 aromatic carbocycles. The third kappa shape index (κ3) is 9.07. The molecule has 2 aromatic heterocycles. The molecule has 5 aromatic rings. The summed E-state index contributed by atoms with van der Waals surface area (Å²) in [6, 6.07) is 25.7. The summed E-state index contributed by atoms with van der Waals surface area (Å²) >= 11 is 6.64. The first-order valence-corrected chi connectivity index (χ1v) is 19.9. The summed E-state index contributed by atoms with van der Waals surface area (Å²) in [5.41, 5.74) is 7.52. The lowest BCUT2D eigenvalue weighted by atomic mass is 9.92. The summed E-state index contributed by atoms with van der Waals surface area (Å²) in [6.45, 7) is 7.98. The molecule has 7 rings (SSSR count). The Labute approximate surface area is 336 Å². The van der Waals surface area contributed by atoms with Gasteiger partial charge in [0.05, 0.1) is 24.5 Å². The number of benzene rings is 3. The Balaban J connectivity index is 0.00000103. The minimum absolute atomic E-state index is 0.0393. The lowest BCUT2D eigenvalue weighted by Gasteiger charge is -2.40. The summed E-state index contributed by atoms with van der Waals surface area (Å²) in [5.74, 6) is -0.350. The molecular weight excluding hydrogens is 772 g/mol. The molecule has 1 fully saturated rings. The maximum absolute atomic E-state index is 14.8. The summed E-state index contributed by atoms with van der Waals surface area (Å²) in [4.78, 5) is 35.5. The van der Waals surface area contributed by atoms with Crippen molar-refractivity contribution in [3.8, 4) is 23.1 Å². The van der Waals surface area contributed by atoms with E-state index in [9.17, 15) is 20.0 Å². The molecule has 14 nitrogen and oxygen atoms in total. The van der Waals surface area contributed by atoms with Gasteiger partial charge in [0.25, 0.3) is 11.8 Å². The zero-order valence-corrected chi connectivity index (χ0v) is 33.5. The van der Waals surface area contributed by atoms with Crippen molar-refractivity contribution in [1.29, 1.82) is 5.26 Å². The van der Waals surface area contributed by atoms with Crippen LogP contribution in [0, 0.1) is 25.2 Å². The van der Waals surface area contributed by atoms with Crippen molar-refractivity contribution in [3.63, 3.8) is 0 Å². The van der Waals surface area contributed by atoms with Gasteiger partial charge in [0.2, 0.25) is 0 Å². The number of hydrogen-bond acceptors (Lipinski definition) is 8. The van der Waals surface area contributed by atoms with E-state index in [-0.39, 0.29) is 23.6 Å². The number of fused-ring (bicyclic) bond motifs is 1. The van der Waals surface area contributed by atoms with E-state index in [0.29, 0.717) is 69.9 Å². The quantitative estimate of drug-likeness (QED) is 0.162. The van der Waals surface area contributed by atoms with Gasteiger partial charge < -0.3 is 23.9 Å². The van der Waals surface area contributed by atoms with E-state index in [4.69, 9.17) is 33.9 Å². The van der Waals surface area contributed by atoms with E-state index in [1.54, 1.807) is 52.9 Å². The predicted octanol–water partition coefficient (Wildman–Crippen LogP) is 6.10. The Morgan fingerprint density at radius 3 is 2.19 bits per heavy atom. The van der Waals surface area contributed by atoms with Gasteiger partial charge >= 0.3 is 10.4 Å². The zero-order valence-electron chi connectivity index (χ0n) is 31.9. The highest BCUT2D eigenvalue weighted by atomic mass is 35.5. The fraction of sp³-hybridized carbons (Fsp3) is 0.293. The van der Waals surface area contributed by atoms with Gasteiger partial charge in [0.1, 0.15) is 17.5 Å². The van der Waals surface area contributed by atoms with E-state index in [2.05, 4.69) is 29.2 Å². The predicted molar refractivity (Wildman–Crippen MR) is 215 cm³/mol. The highest BCUT2D eigenvalue weighted by molar-refractivity contribution is 7.79. The summed E-state index contributed by atoms with van der Waals surface area (Å²) in [7, 11) is -1.01. The minimum Gasteiger partial charge on any atom is -0.508 e. The van der Waals surface area contributed by atoms with Gasteiger partial charge in [-0.2, -0.15) is 13.7 Å². The molecule has 0 bridgehead atoms. The minimum atomic E-state index is -4.67. The second kappa shape index (κ2) is 16.9. The molecule has 4 heterocycles. The lowest BCUT2D eigenvalue weighted by molar-refractivity contribution is 0.0193. The van der Waals surface area contributed by atoms with Crippen LogP contribution in [0.3, 0.4) is 0 Å². The van der Waals surface area contributed by atoms with E-state index >= 15 is 0 Å². The Hall–Kier alpha value is -5.47. The average molecular weight is 815 g/mol. The van der Waals surface area contributed by atoms with Crippen molar-refractivity contribution in [2.24, 2.45) is 14.1 Å². The number of aromatic nitrogens is 2. The van der Waals surface area contributed by atoms with Crippen LogP contribution in [0.25, 0.3) is 11.3 Å². The van der Waals surface area contributed by atoms with Crippen LogP contribution in [0.1, 0.15) is 48.9 Å². The number of nitrogens with zero attached hydrogens (tertiary/aromatic N) is 6. The van der Waals surface area contributed by atoms with Gasteiger partial charge in [-0.25, -0.2) is 0 Å². The Kier molecular flexibility index (Phi) is 12.2. The standard InChI is InChI=1S/C41H41ClN6O4.H2O4S/c1-26-36(41(51)48(31-10-12-34(49)13-11-31)38-21-32(23-43)44(3)27(38)2)22-39(45(26)4)37-20-30(42)9-14-35(37)40(50)47-24-29-8-6-5-7-28(29)19-33(47)25-46-15-17-52-18-16-46;1-5(2,3)4/h5-14,20-22,33,49H,15-19,24-25H2,1-4H3;(H2,1,2,3,4)/t33-;/m0./s1. The van der Waals surface area contributed by atoms with Crippen molar-refractivity contribution < 1.29 is 37.0 Å². The van der Waals surface area contributed by atoms with Crippen molar-refractivity contribution in [3.05, 3.63) is 123 Å². The van der Waals surface area contributed by atoms with Crippen LogP contribution >= 0.6 is 11.6 Å². The molecule has 0 radical (unpaired) electrons. The second-order valence-electron chi connectivity index (χ2n) is 14.0. The van der Waals surface area contributed by atoms with Crippen molar-refractivity contribution in [2.75, 3.05) is 37.7 Å². The van der Waals surface area contributed by atoms with Crippen LogP contribution in [0.5, 0.6) is 5.75 Å². The number of rotatable bonds is 7. The number of morpholine rings is 1. The van der Waals surface area contributed by atoms with Gasteiger partial charge in [-0.05, 0) is 86.0 Å². The second-order valence-corrected chi connectivity index (χ2v) is 15.4. The molecule has 2 amide bonds. The molecule has 57 heavy (non-hydrogen) atoms. The van der Waals surface area contributed by atoms with Gasteiger partial charge in [0, 0.05) is 85.2 Å². The number of halogens is 1. The van der Waals surface area contributed by atoms with Gasteiger partial charge in [-0.3, -0.25) is 28.5 Å². The number of phenols is 1. The highest BCUT2D eigenvalue weighted by Crippen LogP contribution is 2.37. The first kappa shape index (κ1) is 41.2. The van der Waals surface area contributed by atoms with Gasteiger partial charge in [0.15, 0.2) is 0 Å². The Morgan fingerprint density at radius 2 is 1.56 bits per heavy atom. The van der Waals surface area contributed by atoms with Crippen molar-refractivity contribution in [1.82, 2.24) is 18.9 Å². The van der Waals surface area contributed by atoms with Crippen LogP contribution in [0.2, 0.25) is 5.02 Å². The topological polar surface area (TPSA) is 182 Å². The molecule has 0 saturated carbocycles. The molecule has 2 aliphatic rings. The average Bonchev–Trinajstić information content (AvgIpc) is 3.64. The van der Waals surface area contributed by atoms with E-state index in [1.165, 1.54) is 17.7 Å². The smallest absolute Gasteiger partial charge is 0.394 e. The zero-order chi connectivity index (χ0) is 41.2. The molecule has 3 N–H and O–H groups in total. The number of carbonyl (C=O) groups is 2. The largest absolute Gasteiger partial charge is 0.508 e. The fourth-order valence-corrected chi connectivity index (χ4v) is 7.59. The van der Waals surface area contributed by atoms with Crippen LogP contribution < -0.4 is 4.90 Å². The Morgan fingerprint density at radius 1 is 0.912 bits per heavy atom. The molecule has 2 aliphatic heterocycles. The molecule has 298 valence electrons. The first-order valence-electron chi connectivity index (χ1n) is 18.1. The van der Waals surface area contributed by atoms with Crippen LogP contribution in [0.15, 0.2) is 78.9 Å². The number of amides is 2. The maximum atomic E-state index is 14.8. The monoisotopic (exact) mass is 814 g/mol. The number of nitriles is 1. The molecule has 0 unspecified atom stereocenters. The van der Waals surface area contributed by atoms with E-state index in [0.717, 1.165) is 37.3 Å². The van der Waals surface area contributed by atoms with E-state index < -0.39 is 10.4 Å². The molecule has 16 heteroatoms. The molecule has 0 aliphatic carbocycles. The SMILES string of the molecule is Cc1c(N(C(=O)c2cc(-c3cc(Cl)ccc3C(=O)N3Cc4ccccc4C[C@H]3CN3CCOCC3)n(C)c2C)c2ccc(O)cc2)cc(C#N)n1C.O=S(=O)(O)O.